The third-order valence-corrected chi connectivity index (χ3v) is 5.61. The lowest BCUT2D eigenvalue weighted by atomic mass is 10.1. The maximum atomic E-state index is 11.5. The van der Waals surface area contributed by atoms with Crippen LogP contribution in [0.1, 0.15) is 11.8 Å². The first kappa shape index (κ1) is 22.4. The number of terminal acetylenes is 1. The van der Waals surface area contributed by atoms with Crippen molar-refractivity contribution in [2.24, 2.45) is 0 Å². The van der Waals surface area contributed by atoms with Crippen LogP contribution >= 0.6 is 0 Å². The van der Waals surface area contributed by atoms with Gasteiger partial charge in [-0.05, 0) is 18.2 Å². The smallest absolute Gasteiger partial charge is 0.368 e. The maximum Gasteiger partial charge on any atom is 0.368 e. The molecule has 1 aliphatic heterocycles. The van der Waals surface area contributed by atoms with Crippen molar-refractivity contribution < 1.29 is 27.6 Å². The highest BCUT2D eigenvalue weighted by Crippen LogP contribution is 2.33. The predicted octanol–water partition coefficient (Wildman–Crippen LogP) is -0.498. The Morgan fingerprint density at radius 2 is 2.09 bits per heavy atom. The van der Waals surface area contributed by atoms with Gasteiger partial charge in [0.1, 0.15) is 24.6 Å². The second-order valence-corrected chi connectivity index (χ2v) is 8.24. The molecule has 170 valence electrons. The molecule has 4 N–H and O–H groups in total. The van der Waals surface area contributed by atoms with E-state index in [2.05, 4.69) is 30.4 Å². The molecule has 1 fully saturated rings. The number of fused-ring (bicyclic) bond motifs is 1. The zero-order valence-electron chi connectivity index (χ0n) is 16.7. The van der Waals surface area contributed by atoms with E-state index in [1.54, 1.807) is 24.3 Å². The summed E-state index contributed by atoms with van der Waals surface area (Å²) in [7, 11) is -4.35. The number of imidazole rings is 1. The Morgan fingerprint density at radius 1 is 1.27 bits per heavy atom. The van der Waals surface area contributed by atoms with Crippen LogP contribution in [0.4, 0.5) is 11.5 Å². The largest absolute Gasteiger partial charge is 0.387 e. The van der Waals surface area contributed by atoms with Gasteiger partial charge in [-0.1, -0.05) is 12.0 Å². The molecular formula is C19H17N7O6S. The summed E-state index contributed by atoms with van der Waals surface area (Å²) in [5, 5.41) is 32.3. The Bertz CT molecular complexity index is 1360. The van der Waals surface area contributed by atoms with Gasteiger partial charge in [0, 0.05) is 11.3 Å². The first-order chi connectivity index (χ1) is 15.8. The molecule has 14 heteroatoms. The van der Waals surface area contributed by atoms with Gasteiger partial charge in [0.25, 0.3) is 0 Å². The van der Waals surface area contributed by atoms with E-state index in [0.717, 1.165) is 0 Å². The first-order valence-corrected chi connectivity index (χ1v) is 10.8. The lowest BCUT2D eigenvalue weighted by molar-refractivity contribution is -0.0468. The van der Waals surface area contributed by atoms with Crippen LogP contribution in [0.2, 0.25) is 0 Å². The summed E-state index contributed by atoms with van der Waals surface area (Å²) < 4.78 is 36.0. The molecule has 1 aliphatic rings. The molecule has 1 saturated heterocycles. The zero-order chi connectivity index (χ0) is 23.6. The van der Waals surface area contributed by atoms with Gasteiger partial charge in [-0.3, -0.25) is 8.75 Å². The molecule has 3 heterocycles. The average molecular weight is 471 g/mol. The van der Waals surface area contributed by atoms with Crippen LogP contribution in [-0.2, 0) is 19.2 Å². The van der Waals surface area contributed by atoms with E-state index in [1.165, 1.54) is 28.1 Å². The minimum absolute atomic E-state index is 0.289. The number of aliphatic hydroxyl groups excluding tert-OH is 2. The normalized spacial score (nSPS) is 22.5. The Hall–Kier alpha value is -3.79. The van der Waals surface area contributed by atoms with E-state index in [1.807, 2.05) is 0 Å². The number of hydrogen-bond donors (Lipinski definition) is 4. The quantitative estimate of drug-likeness (QED) is 0.198. The van der Waals surface area contributed by atoms with Gasteiger partial charge < -0.3 is 20.3 Å². The van der Waals surface area contributed by atoms with Gasteiger partial charge in [0.2, 0.25) is 0 Å². The fraction of sp³-hybridized carbons (Fsp3) is 0.263. The molecule has 0 aliphatic carbocycles. The standard InChI is InChI=1S/C19H17N7O6S/c1-2-11-4-3-5-12(6-11)25-17-14-18(22-9-21-17)26(10-23-14)19-16(28)15(27)13(32-19)7-31-33(29,30)24-8-20/h1,3-6,9-10,13,15-16,19,24,27-28H,7H2,(H,21,22,25)/t13-,15-,16-,19-/m1/s1. The Labute approximate surface area is 187 Å². The molecule has 33 heavy (non-hydrogen) atoms. The number of nitrogens with one attached hydrogen (secondary N) is 2. The number of nitriles is 1. The summed E-state index contributed by atoms with van der Waals surface area (Å²) in [6.45, 7) is -0.633. The number of rotatable bonds is 7. The van der Waals surface area contributed by atoms with Gasteiger partial charge in [-0.25, -0.2) is 15.0 Å². The fourth-order valence-electron chi connectivity index (χ4n) is 3.29. The number of aromatic nitrogens is 4. The van der Waals surface area contributed by atoms with E-state index in [-0.39, 0.29) is 5.65 Å². The predicted molar refractivity (Wildman–Crippen MR) is 113 cm³/mol. The average Bonchev–Trinajstić information content (AvgIpc) is 3.34. The van der Waals surface area contributed by atoms with E-state index in [0.29, 0.717) is 22.6 Å². The van der Waals surface area contributed by atoms with Crippen molar-refractivity contribution in [3.8, 4) is 18.5 Å². The second kappa shape index (κ2) is 8.99. The third kappa shape index (κ3) is 4.56. The van der Waals surface area contributed by atoms with Crippen LogP contribution < -0.4 is 10.0 Å². The van der Waals surface area contributed by atoms with Gasteiger partial charge in [0.15, 0.2) is 29.4 Å². The molecule has 0 saturated carbocycles. The molecule has 2 aromatic heterocycles. The van der Waals surface area contributed by atoms with Crippen molar-refractivity contribution in [1.29, 1.82) is 5.26 Å². The molecule has 3 aromatic rings. The van der Waals surface area contributed by atoms with Crippen molar-refractivity contribution >= 4 is 33.0 Å². The first-order valence-electron chi connectivity index (χ1n) is 9.41. The third-order valence-electron chi connectivity index (χ3n) is 4.82. The molecule has 1 aromatic carbocycles. The summed E-state index contributed by atoms with van der Waals surface area (Å²) in [4.78, 5) is 12.7. The zero-order valence-corrected chi connectivity index (χ0v) is 17.5. The monoisotopic (exact) mass is 471 g/mol. The minimum Gasteiger partial charge on any atom is -0.387 e. The summed E-state index contributed by atoms with van der Waals surface area (Å²) in [5.41, 5.74) is 2.00. The summed E-state index contributed by atoms with van der Waals surface area (Å²) in [6.07, 6.45) is 4.03. The van der Waals surface area contributed by atoms with Crippen LogP contribution in [0, 0.1) is 23.8 Å². The molecular weight excluding hydrogens is 454 g/mol. The van der Waals surface area contributed by atoms with Crippen molar-refractivity contribution in [3.63, 3.8) is 0 Å². The molecule has 0 amide bonds. The number of aliphatic hydroxyl groups is 2. The van der Waals surface area contributed by atoms with Crippen molar-refractivity contribution in [2.75, 3.05) is 11.9 Å². The summed E-state index contributed by atoms with van der Waals surface area (Å²) in [6, 6.07) is 7.12. The van der Waals surface area contributed by atoms with Gasteiger partial charge in [-0.15, -0.1) is 6.42 Å². The van der Waals surface area contributed by atoms with E-state index >= 15 is 0 Å². The van der Waals surface area contributed by atoms with Gasteiger partial charge in [0.05, 0.1) is 12.9 Å². The van der Waals surface area contributed by atoms with Crippen molar-refractivity contribution in [2.45, 2.75) is 24.5 Å². The molecule has 4 atom stereocenters. The van der Waals surface area contributed by atoms with Crippen molar-refractivity contribution in [3.05, 3.63) is 42.5 Å². The number of anilines is 2. The topological polar surface area (TPSA) is 185 Å². The number of nitrogens with zero attached hydrogens (tertiary/aromatic N) is 5. The lowest BCUT2D eigenvalue weighted by Crippen LogP contribution is -2.35. The Balaban J connectivity index is 1.57. The summed E-state index contributed by atoms with van der Waals surface area (Å²) >= 11 is 0. The van der Waals surface area contributed by atoms with Crippen LogP contribution in [0.25, 0.3) is 11.2 Å². The molecule has 0 radical (unpaired) electrons. The highest BCUT2D eigenvalue weighted by Gasteiger charge is 2.45. The molecule has 0 spiro atoms. The van der Waals surface area contributed by atoms with Crippen LogP contribution in [0.15, 0.2) is 36.9 Å². The SMILES string of the molecule is C#Cc1cccc(Nc2ncnc3c2ncn3[C@@H]2O[C@H](COS(=O)(=O)NC#N)[C@@H](O)[C@H]2O)c1. The number of hydrogen-bond acceptors (Lipinski definition) is 11. The lowest BCUT2D eigenvalue weighted by Gasteiger charge is -2.16. The Morgan fingerprint density at radius 3 is 2.85 bits per heavy atom. The molecule has 13 nitrogen and oxygen atoms in total. The van der Waals surface area contributed by atoms with Crippen LogP contribution in [-0.4, -0.2) is 63.1 Å². The highest BCUT2D eigenvalue weighted by molar-refractivity contribution is 7.84. The number of ether oxygens (including phenoxy) is 1. The fourth-order valence-corrected chi connectivity index (χ4v) is 3.78. The van der Waals surface area contributed by atoms with Crippen molar-refractivity contribution in [1.82, 2.24) is 24.2 Å². The second-order valence-electron chi connectivity index (χ2n) is 6.90. The molecule has 0 unspecified atom stereocenters. The van der Waals surface area contributed by atoms with Gasteiger partial charge in [-0.2, -0.15) is 18.4 Å². The van der Waals surface area contributed by atoms with E-state index in [4.69, 9.17) is 16.4 Å². The Kier molecular flexibility index (Phi) is 6.10. The van der Waals surface area contributed by atoms with E-state index in [9.17, 15) is 18.6 Å². The van der Waals surface area contributed by atoms with Crippen LogP contribution in [0.5, 0.6) is 0 Å². The molecule has 4 rings (SSSR count). The van der Waals surface area contributed by atoms with Gasteiger partial charge >= 0.3 is 10.3 Å². The maximum absolute atomic E-state index is 11.5. The van der Waals surface area contributed by atoms with E-state index < -0.39 is 41.5 Å². The number of benzene rings is 1. The minimum atomic E-state index is -4.35. The molecule has 0 bridgehead atoms. The highest BCUT2D eigenvalue weighted by atomic mass is 32.2. The van der Waals surface area contributed by atoms with Crippen LogP contribution in [0.3, 0.4) is 0 Å². The summed E-state index contributed by atoms with van der Waals surface area (Å²) in [5.74, 6) is 2.91.